The first-order valence-electron chi connectivity index (χ1n) is 12.9. The molecule has 0 radical (unpaired) electrons. The molecule has 2 aromatic heterocycles. The minimum absolute atomic E-state index is 0.0715. The molecule has 10 heteroatoms. The summed E-state index contributed by atoms with van der Waals surface area (Å²) in [6.07, 6.45) is 5.14. The zero-order valence-corrected chi connectivity index (χ0v) is 22.5. The molecule has 2 heterocycles. The number of nitro groups is 1. The lowest BCUT2D eigenvalue weighted by Crippen LogP contribution is -2.12. The third-order valence-electron chi connectivity index (χ3n) is 6.47. The Kier molecular flexibility index (Phi) is 7.91. The van der Waals surface area contributed by atoms with Crippen LogP contribution in [-0.2, 0) is 6.54 Å². The number of amides is 1. The maximum atomic E-state index is 13.0. The van der Waals surface area contributed by atoms with Crippen molar-refractivity contribution in [1.82, 2.24) is 15.0 Å². The first-order valence-corrected chi connectivity index (χ1v) is 12.9. The number of benzene rings is 3. The summed E-state index contributed by atoms with van der Waals surface area (Å²) in [5.74, 6) is 0.186. The summed E-state index contributed by atoms with van der Waals surface area (Å²) >= 11 is 0. The highest BCUT2D eigenvalue weighted by atomic mass is 16.6. The molecule has 0 saturated carbocycles. The highest BCUT2D eigenvalue weighted by Gasteiger charge is 2.12. The summed E-state index contributed by atoms with van der Waals surface area (Å²) in [5, 5.41) is 20.6. The van der Waals surface area contributed by atoms with Crippen LogP contribution in [0.1, 0.15) is 27.0 Å². The van der Waals surface area contributed by atoms with Gasteiger partial charge in [-0.25, -0.2) is 9.97 Å². The number of carbonyl (C=O) groups excluding carboxylic acids is 1. The Morgan fingerprint density at radius 3 is 2.44 bits per heavy atom. The van der Waals surface area contributed by atoms with Crippen molar-refractivity contribution in [3.63, 3.8) is 0 Å². The lowest BCUT2D eigenvalue weighted by molar-refractivity contribution is -0.385. The summed E-state index contributed by atoms with van der Waals surface area (Å²) in [6.45, 7) is 4.12. The SMILES string of the molecule is Cc1ccc(NC(=O)c2ccc(CNc3ccc(C)c([N+](=O)[O-])c3)cc2)cc1Nc1nccc(-c2cccnc2)n1. The number of rotatable bonds is 9. The van der Waals surface area contributed by atoms with E-state index in [9.17, 15) is 14.9 Å². The van der Waals surface area contributed by atoms with E-state index in [4.69, 9.17) is 0 Å². The van der Waals surface area contributed by atoms with Gasteiger partial charge in [0.05, 0.1) is 10.6 Å². The van der Waals surface area contributed by atoms with E-state index < -0.39 is 4.92 Å². The van der Waals surface area contributed by atoms with E-state index in [0.29, 0.717) is 35.0 Å². The van der Waals surface area contributed by atoms with Crippen molar-refractivity contribution in [3.8, 4) is 11.3 Å². The largest absolute Gasteiger partial charge is 0.381 e. The molecule has 0 unspecified atom stereocenters. The molecule has 0 aliphatic heterocycles. The number of aromatic nitrogens is 3. The smallest absolute Gasteiger partial charge is 0.274 e. The highest BCUT2D eigenvalue weighted by Crippen LogP contribution is 2.25. The molecule has 204 valence electrons. The molecule has 1 amide bonds. The Hall–Kier alpha value is -5.64. The topological polar surface area (TPSA) is 135 Å². The second-order valence-electron chi connectivity index (χ2n) is 9.42. The number of nitrogens with one attached hydrogen (secondary N) is 3. The number of pyridine rings is 1. The fourth-order valence-corrected chi connectivity index (χ4v) is 4.15. The van der Waals surface area contributed by atoms with Crippen LogP contribution in [0.5, 0.6) is 0 Å². The molecule has 0 aliphatic rings. The van der Waals surface area contributed by atoms with Crippen molar-refractivity contribution < 1.29 is 9.72 Å². The van der Waals surface area contributed by atoms with E-state index in [1.165, 1.54) is 6.07 Å². The van der Waals surface area contributed by atoms with Crippen molar-refractivity contribution in [2.45, 2.75) is 20.4 Å². The normalized spacial score (nSPS) is 10.6. The lowest BCUT2D eigenvalue weighted by Gasteiger charge is -2.12. The molecule has 0 atom stereocenters. The molecule has 0 spiro atoms. The number of nitro benzene ring substituents is 1. The van der Waals surface area contributed by atoms with Gasteiger partial charge in [-0.2, -0.15) is 0 Å². The van der Waals surface area contributed by atoms with Gasteiger partial charge in [-0.05, 0) is 73.5 Å². The number of carbonyl (C=O) groups is 1. The third kappa shape index (κ3) is 6.69. The Labute approximate surface area is 236 Å². The van der Waals surface area contributed by atoms with Crippen LogP contribution in [-0.4, -0.2) is 25.8 Å². The minimum Gasteiger partial charge on any atom is -0.381 e. The lowest BCUT2D eigenvalue weighted by atomic mass is 10.1. The van der Waals surface area contributed by atoms with Crippen molar-refractivity contribution in [1.29, 1.82) is 0 Å². The number of aryl methyl sites for hydroxylation is 2. The number of hydrogen-bond acceptors (Lipinski definition) is 8. The Morgan fingerprint density at radius 1 is 0.902 bits per heavy atom. The van der Waals surface area contributed by atoms with Gasteiger partial charge in [0.2, 0.25) is 5.95 Å². The summed E-state index contributed by atoms with van der Waals surface area (Å²) in [7, 11) is 0. The fourth-order valence-electron chi connectivity index (χ4n) is 4.15. The van der Waals surface area contributed by atoms with E-state index in [2.05, 4.69) is 30.9 Å². The van der Waals surface area contributed by atoms with Crippen LogP contribution in [0.4, 0.5) is 28.7 Å². The van der Waals surface area contributed by atoms with Gasteiger partial charge < -0.3 is 16.0 Å². The maximum absolute atomic E-state index is 13.0. The first kappa shape index (κ1) is 26.9. The monoisotopic (exact) mass is 545 g/mol. The Morgan fingerprint density at radius 2 is 1.68 bits per heavy atom. The quantitative estimate of drug-likeness (QED) is 0.138. The average molecular weight is 546 g/mol. The van der Waals surface area contributed by atoms with Gasteiger partial charge in [0.15, 0.2) is 0 Å². The van der Waals surface area contributed by atoms with E-state index >= 15 is 0 Å². The van der Waals surface area contributed by atoms with Crippen molar-refractivity contribution in [3.05, 3.63) is 130 Å². The Bertz CT molecular complexity index is 1710. The van der Waals surface area contributed by atoms with E-state index in [-0.39, 0.29) is 11.6 Å². The number of hydrogen-bond donors (Lipinski definition) is 3. The summed E-state index contributed by atoms with van der Waals surface area (Å²) in [4.78, 5) is 36.8. The second kappa shape index (κ2) is 12.0. The van der Waals surface area contributed by atoms with Gasteiger partial charge in [0, 0.05) is 65.0 Å². The second-order valence-corrected chi connectivity index (χ2v) is 9.42. The molecule has 3 aromatic carbocycles. The van der Waals surface area contributed by atoms with Crippen LogP contribution < -0.4 is 16.0 Å². The fraction of sp³-hybridized carbons (Fsp3) is 0.0968. The maximum Gasteiger partial charge on any atom is 0.274 e. The molecular weight excluding hydrogens is 518 g/mol. The predicted octanol–water partition coefficient (Wildman–Crippen LogP) is 6.67. The van der Waals surface area contributed by atoms with Crippen molar-refractivity contribution >= 4 is 34.6 Å². The van der Waals surface area contributed by atoms with Crippen molar-refractivity contribution in [2.24, 2.45) is 0 Å². The first-order chi connectivity index (χ1) is 19.9. The molecule has 0 fully saturated rings. The molecule has 0 saturated heterocycles. The van der Waals surface area contributed by atoms with E-state index in [1.807, 2.05) is 55.5 Å². The van der Waals surface area contributed by atoms with E-state index in [0.717, 1.165) is 28.1 Å². The van der Waals surface area contributed by atoms with Crippen LogP contribution >= 0.6 is 0 Å². The van der Waals surface area contributed by atoms with Gasteiger partial charge >= 0.3 is 0 Å². The number of anilines is 4. The summed E-state index contributed by atoms with van der Waals surface area (Å²) in [5.41, 5.74) is 6.76. The third-order valence-corrected chi connectivity index (χ3v) is 6.47. The minimum atomic E-state index is -0.393. The Balaban J connectivity index is 1.22. The van der Waals surface area contributed by atoms with Gasteiger partial charge in [0.25, 0.3) is 11.6 Å². The summed E-state index contributed by atoms with van der Waals surface area (Å²) < 4.78 is 0. The molecule has 10 nitrogen and oxygen atoms in total. The zero-order valence-electron chi connectivity index (χ0n) is 22.5. The van der Waals surface area contributed by atoms with Crippen LogP contribution in [0, 0.1) is 24.0 Å². The van der Waals surface area contributed by atoms with Gasteiger partial charge in [-0.1, -0.05) is 24.3 Å². The highest BCUT2D eigenvalue weighted by molar-refractivity contribution is 6.04. The van der Waals surface area contributed by atoms with E-state index in [1.54, 1.807) is 49.8 Å². The molecule has 5 aromatic rings. The summed E-state index contributed by atoms with van der Waals surface area (Å²) in [6, 6.07) is 23.4. The zero-order chi connectivity index (χ0) is 28.8. The molecule has 0 bridgehead atoms. The molecule has 3 N–H and O–H groups in total. The van der Waals surface area contributed by atoms with Crippen LogP contribution in [0.3, 0.4) is 0 Å². The average Bonchev–Trinajstić information content (AvgIpc) is 2.99. The van der Waals surface area contributed by atoms with Crippen LogP contribution in [0.2, 0.25) is 0 Å². The molecular formula is C31H27N7O3. The molecule has 5 rings (SSSR count). The molecule has 0 aliphatic carbocycles. The van der Waals surface area contributed by atoms with Gasteiger partial charge in [0.1, 0.15) is 0 Å². The predicted molar refractivity (Wildman–Crippen MR) is 159 cm³/mol. The van der Waals surface area contributed by atoms with Crippen LogP contribution in [0.25, 0.3) is 11.3 Å². The van der Waals surface area contributed by atoms with Crippen molar-refractivity contribution in [2.75, 3.05) is 16.0 Å². The van der Waals surface area contributed by atoms with Crippen LogP contribution in [0.15, 0.2) is 97.5 Å². The van der Waals surface area contributed by atoms with Gasteiger partial charge in [-0.15, -0.1) is 0 Å². The standard InChI is InChI=1S/C31H27N7O3/c1-20-5-12-26(16-28(20)37-31-33-15-13-27(36-31)24-4-3-14-32-19-24)35-30(39)23-9-7-22(8-10-23)18-34-25-11-6-21(2)29(17-25)38(40)41/h3-17,19,34H,18H2,1-2H3,(H,35,39)(H,33,36,37). The van der Waals surface area contributed by atoms with Gasteiger partial charge in [-0.3, -0.25) is 19.9 Å². The number of nitrogens with zero attached hydrogens (tertiary/aromatic N) is 4. The molecule has 41 heavy (non-hydrogen) atoms.